The second kappa shape index (κ2) is 8.75. The average Bonchev–Trinajstić information content (AvgIpc) is 2.69. The van der Waals surface area contributed by atoms with Crippen molar-refractivity contribution < 1.29 is 4.79 Å². The summed E-state index contributed by atoms with van der Waals surface area (Å²) < 4.78 is 1.77. The Balaban J connectivity index is 1.61. The van der Waals surface area contributed by atoms with E-state index in [-0.39, 0.29) is 17.5 Å². The third-order valence-corrected chi connectivity index (χ3v) is 6.10. The highest BCUT2D eigenvalue weighted by Crippen LogP contribution is 2.37. The first kappa shape index (κ1) is 19.7. The van der Waals surface area contributed by atoms with Crippen LogP contribution in [0.1, 0.15) is 61.0 Å². The number of nitrogens with one attached hydrogen (secondary N) is 1. The lowest BCUT2D eigenvalue weighted by Crippen LogP contribution is -2.41. The molecule has 0 aliphatic heterocycles. The summed E-state index contributed by atoms with van der Waals surface area (Å²) in [5.41, 5.74) is 1.82. The van der Waals surface area contributed by atoms with Crippen molar-refractivity contribution in [1.82, 2.24) is 9.88 Å². The summed E-state index contributed by atoms with van der Waals surface area (Å²) in [7, 11) is 1.85. The maximum absolute atomic E-state index is 12.5. The Morgan fingerprint density at radius 1 is 1.15 bits per heavy atom. The van der Waals surface area contributed by atoms with E-state index in [4.69, 9.17) is 11.6 Å². The predicted octanol–water partition coefficient (Wildman–Crippen LogP) is 4.52. The molecule has 144 valence electrons. The fraction of sp³-hybridized carbons (Fsp3) is 0.455. The van der Waals surface area contributed by atoms with Gasteiger partial charge in [-0.1, -0.05) is 24.6 Å². The molecule has 2 aromatic rings. The SMILES string of the molecule is CC[C@@H](NC(=O)c1ccc(Cl)cc1)C1CCC(c2cccc(=O)n2C)CC1. The summed E-state index contributed by atoms with van der Waals surface area (Å²) in [6.45, 7) is 2.12. The number of aromatic nitrogens is 1. The highest BCUT2D eigenvalue weighted by molar-refractivity contribution is 6.30. The fourth-order valence-electron chi connectivity index (χ4n) is 4.21. The Morgan fingerprint density at radius 2 is 1.81 bits per heavy atom. The highest BCUT2D eigenvalue weighted by Gasteiger charge is 2.29. The number of hydrogen-bond acceptors (Lipinski definition) is 2. The van der Waals surface area contributed by atoms with E-state index < -0.39 is 0 Å². The zero-order valence-electron chi connectivity index (χ0n) is 16.0. The lowest BCUT2D eigenvalue weighted by Gasteiger charge is -2.34. The summed E-state index contributed by atoms with van der Waals surface area (Å²) >= 11 is 5.90. The molecule has 1 fully saturated rings. The molecule has 5 heteroatoms. The molecule has 0 spiro atoms. The van der Waals surface area contributed by atoms with E-state index >= 15 is 0 Å². The van der Waals surface area contributed by atoms with Crippen molar-refractivity contribution in [2.45, 2.75) is 51.0 Å². The third-order valence-electron chi connectivity index (χ3n) is 5.85. The van der Waals surface area contributed by atoms with Crippen molar-refractivity contribution in [3.63, 3.8) is 0 Å². The minimum atomic E-state index is -0.0360. The van der Waals surface area contributed by atoms with Gasteiger partial charge in [-0.2, -0.15) is 0 Å². The molecule has 0 bridgehead atoms. The molecule has 0 saturated heterocycles. The van der Waals surface area contributed by atoms with E-state index in [2.05, 4.69) is 18.3 Å². The van der Waals surface area contributed by atoms with Crippen LogP contribution in [0.25, 0.3) is 0 Å². The number of halogens is 1. The largest absolute Gasteiger partial charge is 0.349 e. The molecule has 1 heterocycles. The zero-order valence-corrected chi connectivity index (χ0v) is 16.7. The number of carbonyl (C=O) groups excluding carboxylic acids is 1. The topological polar surface area (TPSA) is 51.1 Å². The van der Waals surface area contributed by atoms with Gasteiger partial charge in [-0.3, -0.25) is 9.59 Å². The molecule has 1 aliphatic carbocycles. The minimum Gasteiger partial charge on any atom is -0.349 e. The second-order valence-corrected chi connectivity index (χ2v) is 7.89. The van der Waals surface area contributed by atoms with Crippen molar-refractivity contribution in [2.24, 2.45) is 13.0 Å². The number of benzene rings is 1. The molecule has 1 saturated carbocycles. The standard InChI is InChI=1S/C22H27ClN2O2/c1-3-19(24-22(27)17-11-13-18(23)14-12-17)15-7-9-16(10-8-15)20-5-4-6-21(26)25(20)2/h4-6,11-16,19H,3,7-10H2,1-2H3,(H,24,27)/t15?,16?,19-/m1/s1. The van der Waals surface area contributed by atoms with Crippen molar-refractivity contribution in [3.05, 3.63) is 69.1 Å². The summed E-state index contributed by atoms with van der Waals surface area (Å²) in [6.07, 6.45) is 5.14. The van der Waals surface area contributed by atoms with E-state index in [1.54, 1.807) is 34.9 Å². The molecule has 1 N–H and O–H groups in total. The van der Waals surface area contributed by atoms with Crippen molar-refractivity contribution in [2.75, 3.05) is 0 Å². The Kier molecular flexibility index (Phi) is 6.38. The number of pyridine rings is 1. The van der Waals surface area contributed by atoms with Crippen LogP contribution < -0.4 is 10.9 Å². The van der Waals surface area contributed by atoms with E-state index in [0.717, 1.165) is 37.8 Å². The third kappa shape index (κ3) is 4.62. The molecular weight excluding hydrogens is 360 g/mol. The van der Waals surface area contributed by atoms with Crippen LogP contribution in [0.5, 0.6) is 0 Å². The molecule has 0 unspecified atom stereocenters. The number of carbonyl (C=O) groups is 1. The molecule has 4 nitrogen and oxygen atoms in total. The number of hydrogen-bond donors (Lipinski definition) is 1. The van der Waals surface area contributed by atoms with Crippen LogP contribution in [-0.4, -0.2) is 16.5 Å². The molecule has 1 aromatic heterocycles. The predicted molar refractivity (Wildman–Crippen MR) is 109 cm³/mol. The van der Waals surface area contributed by atoms with Gasteiger partial charge in [-0.15, -0.1) is 0 Å². The Morgan fingerprint density at radius 3 is 2.44 bits per heavy atom. The summed E-state index contributed by atoms with van der Waals surface area (Å²) in [6, 6.07) is 12.7. The average molecular weight is 387 g/mol. The Hall–Kier alpha value is -2.07. The van der Waals surface area contributed by atoms with Gasteiger partial charge >= 0.3 is 0 Å². The van der Waals surface area contributed by atoms with Gasteiger partial charge in [0.05, 0.1) is 0 Å². The van der Waals surface area contributed by atoms with Gasteiger partial charge in [0.1, 0.15) is 0 Å². The van der Waals surface area contributed by atoms with Gasteiger partial charge in [0.2, 0.25) is 5.56 Å². The number of amides is 1. The van der Waals surface area contributed by atoms with Crippen LogP contribution in [0.4, 0.5) is 0 Å². The summed E-state index contributed by atoms with van der Waals surface area (Å²) in [5, 5.41) is 3.84. The number of nitrogens with zero attached hydrogens (tertiary/aromatic N) is 1. The molecule has 27 heavy (non-hydrogen) atoms. The van der Waals surface area contributed by atoms with E-state index in [0.29, 0.717) is 22.4 Å². The van der Waals surface area contributed by atoms with E-state index in [1.165, 1.54) is 0 Å². The zero-order chi connectivity index (χ0) is 19.4. The Bertz CT molecular complexity index is 836. The second-order valence-electron chi connectivity index (χ2n) is 7.45. The van der Waals surface area contributed by atoms with Crippen LogP contribution in [0, 0.1) is 5.92 Å². The van der Waals surface area contributed by atoms with Gasteiger partial charge in [0.15, 0.2) is 0 Å². The first-order valence-corrected chi connectivity index (χ1v) is 10.1. The van der Waals surface area contributed by atoms with E-state index in [1.807, 2.05) is 13.1 Å². The molecule has 1 atom stereocenters. The van der Waals surface area contributed by atoms with Gasteiger partial charge < -0.3 is 9.88 Å². The van der Waals surface area contributed by atoms with Crippen LogP contribution >= 0.6 is 11.6 Å². The molecule has 3 rings (SSSR count). The lowest BCUT2D eigenvalue weighted by molar-refractivity contribution is 0.0909. The number of rotatable bonds is 5. The van der Waals surface area contributed by atoms with Gasteiger partial charge in [-0.05, 0) is 74.3 Å². The lowest BCUT2D eigenvalue weighted by atomic mass is 9.76. The summed E-state index contributed by atoms with van der Waals surface area (Å²) in [4.78, 5) is 24.4. The Labute approximate surface area is 165 Å². The normalized spacial score (nSPS) is 20.9. The van der Waals surface area contributed by atoms with Crippen LogP contribution in [0.3, 0.4) is 0 Å². The molecule has 1 amide bonds. The van der Waals surface area contributed by atoms with Crippen LogP contribution in [0.15, 0.2) is 47.3 Å². The molecule has 1 aliphatic rings. The summed E-state index contributed by atoms with van der Waals surface area (Å²) in [5.74, 6) is 0.860. The maximum atomic E-state index is 12.5. The first-order valence-electron chi connectivity index (χ1n) is 9.72. The van der Waals surface area contributed by atoms with Gasteiger partial charge in [0.25, 0.3) is 5.91 Å². The smallest absolute Gasteiger partial charge is 0.251 e. The van der Waals surface area contributed by atoms with Crippen molar-refractivity contribution in [1.29, 1.82) is 0 Å². The van der Waals surface area contributed by atoms with Crippen molar-refractivity contribution >= 4 is 17.5 Å². The molecular formula is C22H27ClN2O2. The van der Waals surface area contributed by atoms with Crippen molar-refractivity contribution in [3.8, 4) is 0 Å². The monoisotopic (exact) mass is 386 g/mol. The van der Waals surface area contributed by atoms with Crippen LogP contribution in [-0.2, 0) is 7.05 Å². The molecule has 1 aromatic carbocycles. The molecule has 0 radical (unpaired) electrons. The van der Waals surface area contributed by atoms with E-state index in [9.17, 15) is 9.59 Å². The quantitative estimate of drug-likeness (QED) is 0.821. The fourth-order valence-corrected chi connectivity index (χ4v) is 4.34. The maximum Gasteiger partial charge on any atom is 0.251 e. The van der Waals surface area contributed by atoms with Crippen LogP contribution in [0.2, 0.25) is 5.02 Å². The van der Waals surface area contributed by atoms with Gasteiger partial charge in [0, 0.05) is 35.4 Å². The highest BCUT2D eigenvalue weighted by atomic mass is 35.5. The first-order chi connectivity index (χ1) is 13.0. The minimum absolute atomic E-state index is 0.0360. The van der Waals surface area contributed by atoms with Gasteiger partial charge in [-0.25, -0.2) is 0 Å².